The summed E-state index contributed by atoms with van der Waals surface area (Å²) in [5, 5.41) is 2.89. The Balaban J connectivity index is 1.45. The number of amides is 4. The van der Waals surface area contributed by atoms with Crippen LogP contribution in [0.3, 0.4) is 0 Å². The van der Waals surface area contributed by atoms with Crippen LogP contribution in [0.15, 0.2) is 0 Å². The average Bonchev–Trinajstić information content (AvgIpc) is 2.89. The highest BCUT2D eigenvalue weighted by Crippen LogP contribution is 2.46. The molecule has 1 saturated carbocycles. The number of hydrogen-bond acceptors (Lipinski definition) is 5. The molecule has 2 aliphatic heterocycles. The second-order valence-corrected chi connectivity index (χ2v) is 10.5. The summed E-state index contributed by atoms with van der Waals surface area (Å²) in [6.45, 7) is 7.44. The van der Waals surface area contributed by atoms with Gasteiger partial charge in [0, 0.05) is 39.3 Å². The number of carbonyl (C=O) groups excluding carboxylic acids is 3. The second kappa shape index (κ2) is 9.77. The fraction of sp³-hybridized carbons (Fsp3) is 0.864. The largest absolute Gasteiger partial charge is 0.411 e. The van der Waals surface area contributed by atoms with Crippen LogP contribution in [-0.2, 0) is 14.3 Å². The molecule has 1 N–H and O–H groups in total. The number of alkyl halides is 3. The van der Waals surface area contributed by atoms with Crippen molar-refractivity contribution in [1.29, 1.82) is 0 Å². The summed E-state index contributed by atoms with van der Waals surface area (Å²) >= 11 is 0. The number of imide groups is 1. The minimum Gasteiger partial charge on any atom is -0.372 e. The van der Waals surface area contributed by atoms with Crippen LogP contribution in [0, 0.1) is 11.3 Å². The summed E-state index contributed by atoms with van der Waals surface area (Å²) < 4.78 is 40.9. The summed E-state index contributed by atoms with van der Waals surface area (Å²) in [7, 11) is 0. The number of hydrogen-bond donors (Lipinski definition) is 1. The number of carbonyl (C=O) groups is 3. The highest BCUT2D eigenvalue weighted by molar-refractivity contribution is 6.09. The van der Waals surface area contributed by atoms with Crippen LogP contribution in [0.2, 0.25) is 0 Å². The first kappa shape index (κ1) is 25.7. The Morgan fingerprint density at radius 1 is 1.15 bits per heavy atom. The molecule has 2 atom stereocenters. The van der Waals surface area contributed by atoms with E-state index < -0.39 is 24.4 Å². The quantitative estimate of drug-likeness (QED) is 0.450. The molecule has 3 rings (SSSR count). The molecule has 0 bridgehead atoms. The van der Waals surface area contributed by atoms with Gasteiger partial charge in [0.1, 0.15) is 18.7 Å². The number of ether oxygens (including phenoxy) is 1. The average molecular weight is 477 g/mol. The number of urea groups is 1. The van der Waals surface area contributed by atoms with E-state index >= 15 is 0 Å². The minimum atomic E-state index is -4.31. The lowest BCUT2D eigenvalue weighted by molar-refractivity contribution is -0.174. The zero-order valence-corrected chi connectivity index (χ0v) is 19.7. The van der Waals surface area contributed by atoms with Crippen LogP contribution in [0.1, 0.15) is 46.5 Å². The molecule has 2 heterocycles. The lowest BCUT2D eigenvalue weighted by Gasteiger charge is -2.43. The molecule has 188 valence electrons. The monoisotopic (exact) mass is 476 g/mol. The maximum atomic E-state index is 13.2. The first-order chi connectivity index (χ1) is 15.3. The predicted molar refractivity (Wildman–Crippen MR) is 114 cm³/mol. The first-order valence-electron chi connectivity index (χ1n) is 11.6. The normalized spacial score (nSPS) is 28.5. The van der Waals surface area contributed by atoms with Gasteiger partial charge in [-0.2, -0.15) is 13.2 Å². The van der Waals surface area contributed by atoms with Gasteiger partial charge in [0.05, 0.1) is 0 Å². The van der Waals surface area contributed by atoms with E-state index in [4.69, 9.17) is 0 Å². The second-order valence-electron chi connectivity index (χ2n) is 10.5. The van der Waals surface area contributed by atoms with Crippen molar-refractivity contribution >= 4 is 17.8 Å². The van der Waals surface area contributed by atoms with Gasteiger partial charge < -0.3 is 15.0 Å². The highest BCUT2D eigenvalue weighted by Gasteiger charge is 2.56. The molecule has 8 nitrogen and oxygen atoms in total. The van der Waals surface area contributed by atoms with Gasteiger partial charge in [-0.25, -0.2) is 4.79 Å². The topological polar surface area (TPSA) is 82.2 Å². The molecule has 3 aliphatic rings. The van der Waals surface area contributed by atoms with Crippen molar-refractivity contribution in [3.8, 4) is 0 Å². The number of piperazine rings is 1. The summed E-state index contributed by atoms with van der Waals surface area (Å²) in [6.07, 6.45) is -1.72. The molecule has 2 saturated heterocycles. The SMILES string of the molecule is C[C@@H]1CC(C)(C)C[C@@]2(C1)NC(=O)N(CC(=O)N1CCN(CCCOCC(F)(F)F)CC1)C2=O. The lowest BCUT2D eigenvalue weighted by Crippen LogP contribution is -2.55. The third kappa shape index (κ3) is 6.59. The van der Waals surface area contributed by atoms with E-state index in [1.165, 1.54) is 0 Å². The molecule has 4 amide bonds. The van der Waals surface area contributed by atoms with E-state index in [-0.39, 0.29) is 30.4 Å². The smallest absolute Gasteiger partial charge is 0.372 e. The molecule has 1 aliphatic carbocycles. The Labute approximate surface area is 192 Å². The van der Waals surface area contributed by atoms with Gasteiger partial charge in [-0.1, -0.05) is 20.8 Å². The summed E-state index contributed by atoms with van der Waals surface area (Å²) in [6, 6.07) is -0.504. The zero-order valence-electron chi connectivity index (χ0n) is 19.7. The van der Waals surface area contributed by atoms with Crippen molar-refractivity contribution < 1.29 is 32.3 Å². The van der Waals surface area contributed by atoms with Gasteiger partial charge in [-0.15, -0.1) is 0 Å². The van der Waals surface area contributed by atoms with Crippen LogP contribution in [0.4, 0.5) is 18.0 Å². The Hall–Kier alpha value is -1.88. The molecule has 0 aromatic carbocycles. The third-order valence-electron chi connectivity index (χ3n) is 6.67. The van der Waals surface area contributed by atoms with Crippen LogP contribution >= 0.6 is 0 Å². The molecule has 3 fully saturated rings. The number of nitrogens with zero attached hydrogens (tertiary/aromatic N) is 3. The minimum absolute atomic E-state index is 0.0298. The standard InChI is InChI=1S/C22H35F3N4O4/c1-16-11-20(2,3)14-21(12-16)18(31)29(19(32)26-21)13-17(30)28-8-6-27(7-9-28)5-4-10-33-15-22(23,24)25/h16H,4-15H2,1-3H3,(H,26,32)/t16-,21-/m1/s1. The fourth-order valence-corrected chi connectivity index (χ4v) is 5.68. The first-order valence-corrected chi connectivity index (χ1v) is 11.6. The molecule has 33 heavy (non-hydrogen) atoms. The van der Waals surface area contributed by atoms with Crippen molar-refractivity contribution in [2.24, 2.45) is 11.3 Å². The molecule has 0 aromatic heterocycles. The van der Waals surface area contributed by atoms with Crippen molar-refractivity contribution in [2.75, 3.05) is 52.5 Å². The molecular formula is C22H35F3N4O4. The van der Waals surface area contributed by atoms with Crippen molar-refractivity contribution in [3.05, 3.63) is 0 Å². The van der Waals surface area contributed by atoms with Crippen molar-refractivity contribution in [1.82, 2.24) is 20.0 Å². The predicted octanol–water partition coefficient (Wildman–Crippen LogP) is 2.24. The van der Waals surface area contributed by atoms with Gasteiger partial charge in [-0.05, 0) is 37.0 Å². The van der Waals surface area contributed by atoms with Crippen molar-refractivity contribution in [2.45, 2.75) is 58.2 Å². The Morgan fingerprint density at radius 3 is 2.42 bits per heavy atom. The van der Waals surface area contributed by atoms with E-state index in [2.05, 4.69) is 35.7 Å². The molecule has 11 heteroatoms. The fourth-order valence-electron chi connectivity index (χ4n) is 5.68. The van der Waals surface area contributed by atoms with Gasteiger partial charge in [-0.3, -0.25) is 19.4 Å². The molecule has 0 radical (unpaired) electrons. The van der Waals surface area contributed by atoms with Crippen LogP contribution in [0.5, 0.6) is 0 Å². The Kier molecular flexibility index (Phi) is 7.62. The van der Waals surface area contributed by atoms with Gasteiger partial charge in [0.15, 0.2) is 0 Å². The van der Waals surface area contributed by atoms with E-state index in [0.717, 1.165) is 11.3 Å². The van der Waals surface area contributed by atoms with Crippen LogP contribution in [-0.4, -0.2) is 96.7 Å². The van der Waals surface area contributed by atoms with E-state index in [9.17, 15) is 27.6 Å². The van der Waals surface area contributed by atoms with Crippen LogP contribution < -0.4 is 5.32 Å². The molecular weight excluding hydrogens is 441 g/mol. The lowest BCUT2D eigenvalue weighted by atomic mass is 9.64. The van der Waals surface area contributed by atoms with Gasteiger partial charge in [0.2, 0.25) is 5.91 Å². The third-order valence-corrected chi connectivity index (χ3v) is 6.67. The highest BCUT2D eigenvalue weighted by atomic mass is 19.4. The van der Waals surface area contributed by atoms with Gasteiger partial charge >= 0.3 is 12.2 Å². The van der Waals surface area contributed by atoms with E-state index in [0.29, 0.717) is 57.9 Å². The van der Waals surface area contributed by atoms with Crippen molar-refractivity contribution in [3.63, 3.8) is 0 Å². The number of rotatable bonds is 7. The van der Waals surface area contributed by atoms with Gasteiger partial charge in [0.25, 0.3) is 5.91 Å². The summed E-state index contributed by atoms with van der Waals surface area (Å²) in [5.41, 5.74) is -1.000. The zero-order chi connectivity index (χ0) is 24.4. The maximum absolute atomic E-state index is 13.2. The maximum Gasteiger partial charge on any atom is 0.411 e. The van der Waals surface area contributed by atoms with E-state index in [1.807, 2.05) is 0 Å². The Bertz CT molecular complexity index is 752. The molecule has 0 aromatic rings. The Morgan fingerprint density at radius 2 is 1.82 bits per heavy atom. The van der Waals surface area contributed by atoms with E-state index in [1.54, 1.807) is 4.90 Å². The summed E-state index contributed by atoms with van der Waals surface area (Å²) in [5.74, 6) is -0.287. The molecule has 1 spiro atoms. The summed E-state index contributed by atoms with van der Waals surface area (Å²) in [4.78, 5) is 43.4. The number of halogens is 3. The molecule has 0 unspecified atom stereocenters. The number of nitrogens with one attached hydrogen (secondary N) is 1. The van der Waals surface area contributed by atoms with Crippen LogP contribution in [0.25, 0.3) is 0 Å².